The van der Waals surface area contributed by atoms with Crippen LogP contribution in [0.1, 0.15) is 40.5 Å². The third-order valence-corrected chi connectivity index (χ3v) is 5.26. The Morgan fingerprint density at radius 1 is 1.04 bits per heavy atom. The van der Waals surface area contributed by atoms with Crippen molar-refractivity contribution >= 4 is 29.1 Å². The van der Waals surface area contributed by atoms with Crippen LogP contribution in [0.25, 0.3) is 0 Å². The first-order valence-corrected chi connectivity index (χ1v) is 9.50. The van der Waals surface area contributed by atoms with Crippen LogP contribution in [0.15, 0.2) is 48.5 Å². The maximum atomic E-state index is 12.7. The Bertz CT molecular complexity index is 814. The summed E-state index contributed by atoms with van der Waals surface area (Å²) in [5.74, 6) is -0.459. The van der Waals surface area contributed by atoms with E-state index in [2.05, 4.69) is 22.9 Å². The van der Waals surface area contributed by atoms with Crippen molar-refractivity contribution in [1.29, 1.82) is 0 Å². The van der Waals surface area contributed by atoms with Crippen LogP contribution in [-0.4, -0.2) is 31.4 Å². The molecule has 2 aromatic rings. The summed E-state index contributed by atoms with van der Waals surface area (Å²) in [5, 5.41) is 9.76. The molecule has 142 valence electrons. The molecule has 1 aliphatic heterocycles. The summed E-state index contributed by atoms with van der Waals surface area (Å²) in [5.41, 5.74) is 1.53. The molecule has 0 aliphatic carbocycles. The SMILES string of the molecule is CC1(CNC(=O)c2ccccc2NC(=O)c2ccc(Cl)cc2)CCNCC1. The van der Waals surface area contributed by atoms with E-state index in [1.165, 1.54) is 0 Å². The van der Waals surface area contributed by atoms with Crippen LogP contribution in [-0.2, 0) is 0 Å². The number of carbonyl (C=O) groups is 2. The van der Waals surface area contributed by atoms with E-state index in [1.54, 1.807) is 48.5 Å². The maximum absolute atomic E-state index is 12.7. The highest BCUT2D eigenvalue weighted by Crippen LogP contribution is 2.27. The van der Waals surface area contributed by atoms with Crippen molar-refractivity contribution in [3.8, 4) is 0 Å². The Morgan fingerprint density at radius 3 is 2.41 bits per heavy atom. The minimum atomic E-state index is -0.280. The molecular formula is C21H24ClN3O2. The summed E-state index contributed by atoms with van der Waals surface area (Å²) in [7, 11) is 0. The molecule has 1 aliphatic rings. The van der Waals surface area contributed by atoms with E-state index in [1.807, 2.05) is 0 Å². The highest BCUT2D eigenvalue weighted by molar-refractivity contribution is 6.30. The molecule has 0 saturated carbocycles. The lowest BCUT2D eigenvalue weighted by atomic mass is 9.81. The van der Waals surface area contributed by atoms with Gasteiger partial charge in [-0.3, -0.25) is 9.59 Å². The van der Waals surface area contributed by atoms with Crippen LogP contribution in [0.5, 0.6) is 0 Å². The van der Waals surface area contributed by atoms with Crippen LogP contribution in [0, 0.1) is 5.41 Å². The molecule has 0 unspecified atom stereocenters. The zero-order valence-electron chi connectivity index (χ0n) is 15.3. The van der Waals surface area contributed by atoms with Crippen LogP contribution in [0.2, 0.25) is 5.02 Å². The molecule has 0 atom stereocenters. The maximum Gasteiger partial charge on any atom is 0.255 e. The van der Waals surface area contributed by atoms with Crippen molar-refractivity contribution in [2.75, 3.05) is 25.0 Å². The minimum Gasteiger partial charge on any atom is -0.351 e. The fourth-order valence-electron chi connectivity index (χ4n) is 3.18. The average molecular weight is 386 g/mol. The summed E-state index contributed by atoms with van der Waals surface area (Å²) < 4.78 is 0. The Morgan fingerprint density at radius 2 is 1.70 bits per heavy atom. The van der Waals surface area contributed by atoms with Gasteiger partial charge in [-0.1, -0.05) is 30.7 Å². The van der Waals surface area contributed by atoms with Crippen LogP contribution < -0.4 is 16.0 Å². The number of hydrogen-bond donors (Lipinski definition) is 3. The molecule has 2 aromatic carbocycles. The molecule has 0 radical (unpaired) electrons. The van der Waals surface area contributed by atoms with Crippen molar-refractivity contribution in [3.63, 3.8) is 0 Å². The van der Waals surface area contributed by atoms with Crippen molar-refractivity contribution in [3.05, 3.63) is 64.7 Å². The normalized spacial score (nSPS) is 15.8. The van der Waals surface area contributed by atoms with Gasteiger partial charge in [0.25, 0.3) is 11.8 Å². The number of rotatable bonds is 5. The highest BCUT2D eigenvalue weighted by atomic mass is 35.5. The van der Waals surface area contributed by atoms with Crippen molar-refractivity contribution < 1.29 is 9.59 Å². The smallest absolute Gasteiger partial charge is 0.255 e. The molecule has 5 nitrogen and oxygen atoms in total. The van der Waals surface area contributed by atoms with Gasteiger partial charge in [-0.05, 0) is 67.7 Å². The van der Waals surface area contributed by atoms with Gasteiger partial charge in [-0.2, -0.15) is 0 Å². The molecule has 6 heteroatoms. The molecule has 0 aromatic heterocycles. The van der Waals surface area contributed by atoms with E-state index < -0.39 is 0 Å². The van der Waals surface area contributed by atoms with E-state index in [-0.39, 0.29) is 17.2 Å². The summed E-state index contributed by atoms with van der Waals surface area (Å²) in [6.07, 6.45) is 2.06. The number of para-hydroxylation sites is 1. The molecule has 2 amide bonds. The van der Waals surface area contributed by atoms with Gasteiger partial charge < -0.3 is 16.0 Å². The van der Waals surface area contributed by atoms with Gasteiger partial charge in [-0.15, -0.1) is 0 Å². The Labute approximate surface area is 164 Å². The third-order valence-electron chi connectivity index (χ3n) is 5.01. The van der Waals surface area contributed by atoms with Crippen molar-refractivity contribution in [2.24, 2.45) is 5.41 Å². The molecule has 0 bridgehead atoms. The lowest BCUT2D eigenvalue weighted by molar-refractivity contribution is 0.0923. The molecule has 0 spiro atoms. The van der Waals surface area contributed by atoms with E-state index in [9.17, 15) is 9.59 Å². The fraction of sp³-hybridized carbons (Fsp3) is 0.333. The number of benzene rings is 2. The van der Waals surface area contributed by atoms with E-state index >= 15 is 0 Å². The number of carbonyl (C=O) groups excluding carboxylic acids is 2. The number of halogens is 1. The predicted molar refractivity (Wildman–Crippen MR) is 108 cm³/mol. The Hall–Kier alpha value is -2.37. The Kier molecular flexibility index (Phi) is 6.14. The van der Waals surface area contributed by atoms with Crippen molar-refractivity contribution in [1.82, 2.24) is 10.6 Å². The monoisotopic (exact) mass is 385 g/mol. The zero-order valence-corrected chi connectivity index (χ0v) is 16.1. The number of hydrogen-bond acceptors (Lipinski definition) is 3. The third kappa shape index (κ3) is 5.08. The largest absolute Gasteiger partial charge is 0.351 e. The minimum absolute atomic E-state index is 0.0996. The number of piperidine rings is 1. The first kappa shape index (κ1) is 19.4. The van der Waals surface area contributed by atoms with Gasteiger partial charge in [-0.25, -0.2) is 0 Å². The standard InChI is InChI=1S/C21H24ClN3O2/c1-21(10-12-23-13-11-21)14-24-20(27)17-4-2-3-5-18(17)25-19(26)15-6-8-16(22)9-7-15/h2-9,23H,10-14H2,1H3,(H,24,27)(H,25,26). The van der Waals surface area contributed by atoms with Gasteiger partial charge in [0, 0.05) is 17.1 Å². The highest BCUT2D eigenvalue weighted by Gasteiger charge is 2.27. The first-order chi connectivity index (χ1) is 13.0. The lowest BCUT2D eigenvalue weighted by Crippen LogP contribution is -2.43. The number of anilines is 1. The molecule has 1 heterocycles. The zero-order chi connectivity index (χ0) is 19.3. The first-order valence-electron chi connectivity index (χ1n) is 9.12. The average Bonchev–Trinajstić information content (AvgIpc) is 2.68. The molecule has 1 fully saturated rings. The quantitative estimate of drug-likeness (QED) is 0.734. The lowest BCUT2D eigenvalue weighted by Gasteiger charge is -2.34. The summed E-state index contributed by atoms with van der Waals surface area (Å²) in [4.78, 5) is 25.2. The van der Waals surface area contributed by atoms with E-state index in [0.717, 1.165) is 25.9 Å². The molecule has 27 heavy (non-hydrogen) atoms. The van der Waals surface area contributed by atoms with Gasteiger partial charge in [0.2, 0.25) is 0 Å². The fourth-order valence-corrected chi connectivity index (χ4v) is 3.31. The van der Waals surface area contributed by atoms with E-state index in [4.69, 9.17) is 11.6 Å². The van der Waals surface area contributed by atoms with Gasteiger partial charge >= 0.3 is 0 Å². The summed E-state index contributed by atoms with van der Waals surface area (Å²) >= 11 is 5.86. The molecule has 3 rings (SSSR count). The summed E-state index contributed by atoms with van der Waals surface area (Å²) in [6, 6.07) is 13.7. The van der Waals surface area contributed by atoms with Crippen molar-refractivity contribution in [2.45, 2.75) is 19.8 Å². The van der Waals surface area contributed by atoms with Gasteiger partial charge in [0.05, 0.1) is 11.3 Å². The summed E-state index contributed by atoms with van der Waals surface area (Å²) in [6.45, 7) is 4.76. The van der Waals surface area contributed by atoms with Crippen LogP contribution in [0.3, 0.4) is 0 Å². The van der Waals surface area contributed by atoms with Crippen LogP contribution >= 0.6 is 11.6 Å². The van der Waals surface area contributed by atoms with Gasteiger partial charge in [0.1, 0.15) is 0 Å². The topological polar surface area (TPSA) is 70.2 Å². The van der Waals surface area contributed by atoms with Gasteiger partial charge in [0.15, 0.2) is 0 Å². The number of amides is 2. The molecular weight excluding hydrogens is 362 g/mol. The molecule has 3 N–H and O–H groups in total. The van der Waals surface area contributed by atoms with E-state index in [0.29, 0.717) is 28.4 Å². The second-order valence-corrected chi connectivity index (χ2v) is 7.69. The van der Waals surface area contributed by atoms with Crippen LogP contribution in [0.4, 0.5) is 5.69 Å². The molecule has 1 saturated heterocycles. The predicted octanol–water partition coefficient (Wildman–Crippen LogP) is 3.71. The Balaban J connectivity index is 1.68. The second kappa shape index (κ2) is 8.55. The second-order valence-electron chi connectivity index (χ2n) is 7.25. The number of nitrogens with one attached hydrogen (secondary N) is 3.